The summed E-state index contributed by atoms with van der Waals surface area (Å²) in [6.45, 7) is 10.8. The van der Waals surface area contributed by atoms with Crippen LogP contribution in [0.2, 0.25) is 18.1 Å². The summed E-state index contributed by atoms with van der Waals surface area (Å²) in [5.74, 6) is -0.152. The van der Waals surface area contributed by atoms with Gasteiger partial charge in [0.1, 0.15) is 0 Å². The topological polar surface area (TPSA) is 35.5 Å². The second-order valence-corrected chi connectivity index (χ2v) is 8.90. The molecule has 0 fully saturated rings. The van der Waals surface area contributed by atoms with Crippen LogP contribution in [0.3, 0.4) is 0 Å². The van der Waals surface area contributed by atoms with Gasteiger partial charge in [-0.15, -0.1) is 0 Å². The molecule has 0 rings (SSSR count). The third-order valence-electron chi connectivity index (χ3n) is 3.14. The quantitative estimate of drug-likeness (QED) is 0.487. The summed E-state index contributed by atoms with van der Waals surface area (Å²) >= 11 is 0. The van der Waals surface area contributed by atoms with Crippen LogP contribution in [0.1, 0.15) is 41.0 Å². The van der Waals surface area contributed by atoms with Crippen molar-refractivity contribution in [1.82, 2.24) is 0 Å². The lowest BCUT2D eigenvalue weighted by atomic mass is 10.3. The summed E-state index contributed by atoms with van der Waals surface area (Å²) in [7, 11) is -1.58. The first-order valence-corrected chi connectivity index (χ1v) is 8.89. The van der Waals surface area contributed by atoms with E-state index in [9.17, 15) is 4.79 Å². The Bertz CT molecular complexity index is 194. The molecule has 0 aliphatic carbocycles. The fourth-order valence-electron chi connectivity index (χ4n) is 1.92. The molecule has 4 heteroatoms. The first kappa shape index (κ1) is 15.6. The van der Waals surface area contributed by atoms with Crippen LogP contribution in [0.25, 0.3) is 0 Å². The molecule has 0 amide bonds. The van der Waals surface area contributed by atoms with E-state index in [1.165, 1.54) is 0 Å². The number of hydrogen-bond acceptors (Lipinski definition) is 3. The number of esters is 1. The zero-order chi connectivity index (χ0) is 12.6. The Balaban J connectivity index is 4.19. The second-order valence-electron chi connectivity index (χ2n) is 4.18. The van der Waals surface area contributed by atoms with Crippen LogP contribution in [0.4, 0.5) is 0 Å². The normalized spacial score (nSPS) is 13.6. The summed E-state index contributed by atoms with van der Waals surface area (Å²) in [6, 6.07) is 3.35. The van der Waals surface area contributed by atoms with E-state index in [1.54, 1.807) is 0 Å². The average molecular weight is 246 g/mol. The molecule has 0 heterocycles. The zero-order valence-electron chi connectivity index (χ0n) is 11.3. The van der Waals surface area contributed by atoms with Gasteiger partial charge in [0.05, 0.1) is 19.1 Å². The van der Waals surface area contributed by atoms with Crippen molar-refractivity contribution < 1.29 is 14.0 Å². The molecule has 0 bridgehead atoms. The Morgan fingerprint density at radius 3 is 2.00 bits per heavy atom. The molecule has 0 saturated carbocycles. The van der Waals surface area contributed by atoms with Crippen molar-refractivity contribution in [3.05, 3.63) is 0 Å². The molecule has 0 aliphatic rings. The fraction of sp³-hybridized carbons (Fsp3) is 0.917. The lowest BCUT2D eigenvalue weighted by Gasteiger charge is -2.31. The summed E-state index contributed by atoms with van der Waals surface area (Å²) in [5.41, 5.74) is 0. The van der Waals surface area contributed by atoms with Crippen molar-refractivity contribution in [2.24, 2.45) is 0 Å². The van der Waals surface area contributed by atoms with Gasteiger partial charge in [0.25, 0.3) is 0 Å². The van der Waals surface area contributed by atoms with Gasteiger partial charge in [-0.1, -0.05) is 20.8 Å². The van der Waals surface area contributed by atoms with E-state index >= 15 is 0 Å². The molecule has 0 spiro atoms. The van der Waals surface area contributed by atoms with Crippen molar-refractivity contribution >= 4 is 14.3 Å². The van der Waals surface area contributed by atoms with Gasteiger partial charge in [0.2, 0.25) is 0 Å². The molecule has 3 nitrogen and oxygen atoms in total. The third-order valence-corrected chi connectivity index (χ3v) is 7.91. The van der Waals surface area contributed by atoms with Crippen LogP contribution in [-0.2, 0) is 14.0 Å². The van der Waals surface area contributed by atoms with Gasteiger partial charge in [0, 0.05) is 0 Å². The number of rotatable bonds is 8. The lowest BCUT2D eigenvalue weighted by molar-refractivity contribution is -0.144. The van der Waals surface area contributed by atoms with E-state index in [0.29, 0.717) is 13.0 Å². The van der Waals surface area contributed by atoms with Crippen molar-refractivity contribution in [2.45, 2.75) is 65.3 Å². The maximum absolute atomic E-state index is 11.3. The first-order chi connectivity index (χ1) is 7.53. The van der Waals surface area contributed by atoms with Crippen LogP contribution >= 0.6 is 0 Å². The van der Waals surface area contributed by atoms with Crippen LogP contribution in [0, 0.1) is 0 Å². The number of carbonyl (C=O) groups is 1. The molecule has 0 radical (unpaired) electrons. The molecule has 0 aromatic carbocycles. The highest BCUT2D eigenvalue weighted by atomic mass is 28.4. The maximum Gasteiger partial charge on any atom is 0.308 e. The minimum atomic E-state index is -1.58. The molecule has 0 aliphatic heterocycles. The van der Waals surface area contributed by atoms with E-state index in [0.717, 1.165) is 18.1 Å². The van der Waals surface area contributed by atoms with E-state index in [1.807, 2.05) is 13.8 Å². The Labute approximate surface area is 101 Å². The molecule has 1 atom stereocenters. The van der Waals surface area contributed by atoms with Gasteiger partial charge >= 0.3 is 5.97 Å². The highest BCUT2D eigenvalue weighted by molar-refractivity contribution is 6.73. The van der Waals surface area contributed by atoms with Gasteiger partial charge in [-0.05, 0) is 32.0 Å². The first-order valence-electron chi connectivity index (χ1n) is 6.36. The smallest absolute Gasteiger partial charge is 0.308 e. The SMILES string of the molecule is CCOC(=O)CC(C)O[Si](CC)(CC)CC. The van der Waals surface area contributed by atoms with Crippen LogP contribution in [-0.4, -0.2) is 27.0 Å². The highest BCUT2D eigenvalue weighted by Crippen LogP contribution is 2.24. The Morgan fingerprint density at radius 2 is 1.62 bits per heavy atom. The van der Waals surface area contributed by atoms with Crippen LogP contribution < -0.4 is 0 Å². The average Bonchev–Trinajstić information content (AvgIpc) is 2.26. The molecule has 16 heavy (non-hydrogen) atoms. The predicted molar refractivity (Wildman–Crippen MR) is 69.0 cm³/mol. The van der Waals surface area contributed by atoms with Gasteiger partial charge in [-0.3, -0.25) is 4.79 Å². The Kier molecular flexibility index (Phi) is 7.67. The molecule has 0 aromatic heterocycles. The fourth-order valence-corrected chi connectivity index (χ4v) is 4.86. The summed E-state index contributed by atoms with van der Waals surface area (Å²) < 4.78 is 11.1. The number of hydrogen-bond donors (Lipinski definition) is 0. The molecule has 0 N–H and O–H groups in total. The monoisotopic (exact) mass is 246 g/mol. The van der Waals surface area contributed by atoms with Crippen molar-refractivity contribution in [3.63, 3.8) is 0 Å². The molecule has 0 aromatic rings. The Morgan fingerprint density at radius 1 is 1.12 bits per heavy atom. The van der Waals surface area contributed by atoms with E-state index in [-0.39, 0.29) is 12.1 Å². The van der Waals surface area contributed by atoms with Gasteiger partial charge in [-0.2, -0.15) is 0 Å². The predicted octanol–water partition coefficient (Wildman–Crippen LogP) is 3.35. The van der Waals surface area contributed by atoms with Crippen molar-refractivity contribution in [2.75, 3.05) is 6.61 Å². The summed E-state index contributed by atoms with van der Waals surface area (Å²) in [5, 5.41) is 0. The number of ether oxygens (including phenoxy) is 1. The lowest BCUT2D eigenvalue weighted by Crippen LogP contribution is -2.39. The van der Waals surface area contributed by atoms with E-state index in [4.69, 9.17) is 9.16 Å². The van der Waals surface area contributed by atoms with Gasteiger partial charge < -0.3 is 9.16 Å². The Hall–Kier alpha value is -0.353. The standard InChI is InChI=1S/C12H26O3Si/c1-6-14-12(13)10-11(5)15-16(7-2,8-3)9-4/h11H,6-10H2,1-5H3. The van der Waals surface area contributed by atoms with Gasteiger partial charge in [-0.25, -0.2) is 0 Å². The second kappa shape index (κ2) is 7.85. The zero-order valence-corrected chi connectivity index (χ0v) is 12.3. The maximum atomic E-state index is 11.3. The highest BCUT2D eigenvalue weighted by Gasteiger charge is 2.31. The van der Waals surface area contributed by atoms with Crippen molar-refractivity contribution in [3.8, 4) is 0 Å². The minimum Gasteiger partial charge on any atom is -0.466 e. The van der Waals surface area contributed by atoms with Gasteiger partial charge in [0.15, 0.2) is 8.32 Å². The largest absolute Gasteiger partial charge is 0.466 e. The minimum absolute atomic E-state index is 0.00873. The summed E-state index contributed by atoms with van der Waals surface area (Å²) in [6.07, 6.45) is 0.369. The molecular formula is C12H26O3Si. The van der Waals surface area contributed by atoms with E-state index < -0.39 is 8.32 Å². The molecule has 0 saturated heterocycles. The third kappa shape index (κ3) is 5.12. The number of carbonyl (C=O) groups excluding carboxylic acids is 1. The molecule has 96 valence electrons. The molecular weight excluding hydrogens is 220 g/mol. The van der Waals surface area contributed by atoms with E-state index in [2.05, 4.69) is 20.8 Å². The van der Waals surface area contributed by atoms with Crippen LogP contribution in [0.15, 0.2) is 0 Å². The van der Waals surface area contributed by atoms with Crippen LogP contribution in [0.5, 0.6) is 0 Å². The summed E-state index contributed by atoms with van der Waals surface area (Å²) in [4.78, 5) is 11.3. The molecule has 1 unspecified atom stereocenters. The van der Waals surface area contributed by atoms with Crippen molar-refractivity contribution in [1.29, 1.82) is 0 Å².